The minimum atomic E-state index is -0.216. The van der Waals surface area contributed by atoms with E-state index in [-0.39, 0.29) is 10.7 Å². The van der Waals surface area contributed by atoms with Crippen molar-refractivity contribution in [3.63, 3.8) is 0 Å². The molecule has 0 amide bonds. The van der Waals surface area contributed by atoms with Crippen molar-refractivity contribution in [2.24, 2.45) is 0 Å². The van der Waals surface area contributed by atoms with Gasteiger partial charge in [-0.05, 0) is 13.8 Å². The summed E-state index contributed by atoms with van der Waals surface area (Å²) >= 11 is 1.73. The van der Waals surface area contributed by atoms with Crippen molar-refractivity contribution in [2.75, 3.05) is 12.4 Å². The Labute approximate surface area is 65.3 Å². The summed E-state index contributed by atoms with van der Waals surface area (Å²) in [6, 6.07) is 0. The average molecular weight is 160 g/mol. The third-order valence-corrected chi connectivity index (χ3v) is 2.71. The number of Topliss-reactive ketones (excluding diaryl/α,β-unsaturated/α-hetero) is 1. The van der Waals surface area contributed by atoms with Gasteiger partial charge in [0.05, 0.1) is 6.61 Å². The lowest BCUT2D eigenvalue weighted by Gasteiger charge is -2.19. The van der Waals surface area contributed by atoms with Gasteiger partial charge in [0, 0.05) is 12.2 Å². The van der Waals surface area contributed by atoms with Crippen LogP contribution < -0.4 is 0 Å². The molecular weight excluding hydrogens is 148 g/mol. The zero-order valence-corrected chi connectivity index (χ0v) is 7.16. The quantitative estimate of drug-likeness (QED) is 0.611. The Hall–Kier alpha value is -0.0200. The first kappa shape index (κ1) is 8.08. The van der Waals surface area contributed by atoms with Crippen molar-refractivity contribution in [1.82, 2.24) is 0 Å². The molecule has 0 saturated carbocycles. The molecule has 3 heteroatoms. The molecule has 1 heterocycles. The molecule has 0 spiro atoms. The van der Waals surface area contributed by atoms with E-state index in [9.17, 15) is 4.79 Å². The second-order valence-electron chi connectivity index (χ2n) is 2.71. The van der Waals surface area contributed by atoms with Crippen LogP contribution in [0.1, 0.15) is 20.3 Å². The van der Waals surface area contributed by atoms with Gasteiger partial charge in [-0.1, -0.05) is 0 Å². The summed E-state index contributed by atoms with van der Waals surface area (Å²) in [6.45, 7) is 4.37. The van der Waals surface area contributed by atoms with E-state index in [1.807, 2.05) is 6.92 Å². The molecule has 0 aliphatic carbocycles. The highest BCUT2D eigenvalue weighted by atomic mass is 32.2. The molecule has 1 saturated heterocycles. The molecular formula is C7H12O2S. The standard InChI is InChI=1S/C7H12O2S/c1-6(8)5-7(2)9-3-4-10-7/h3-5H2,1-2H3. The molecule has 1 unspecified atom stereocenters. The number of ketones is 1. The Morgan fingerprint density at radius 3 is 2.90 bits per heavy atom. The predicted octanol–water partition coefficient (Wildman–Crippen LogP) is 1.45. The minimum Gasteiger partial charge on any atom is -0.363 e. The lowest BCUT2D eigenvalue weighted by molar-refractivity contribution is -0.119. The smallest absolute Gasteiger partial charge is 0.133 e. The SMILES string of the molecule is CC(=O)CC1(C)OCCS1. The van der Waals surface area contributed by atoms with E-state index in [0.29, 0.717) is 6.42 Å². The third kappa shape index (κ3) is 1.99. The highest BCUT2D eigenvalue weighted by Gasteiger charge is 2.31. The van der Waals surface area contributed by atoms with Crippen LogP contribution in [0.3, 0.4) is 0 Å². The second-order valence-corrected chi connectivity index (χ2v) is 4.27. The zero-order valence-electron chi connectivity index (χ0n) is 6.35. The lowest BCUT2D eigenvalue weighted by atomic mass is 10.2. The summed E-state index contributed by atoms with van der Waals surface area (Å²) in [5, 5.41) is 0. The first-order chi connectivity index (χ1) is 4.62. The fraction of sp³-hybridized carbons (Fsp3) is 0.857. The first-order valence-corrected chi connectivity index (χ1v) is 4.38. The van der Waals surface area contributed by atoms with Gasteiger partial charge in [0.25, 0.3) is 0 Å². The monoisotopic (exact) mass is 160 g/mol. The predicted molar refractivity (Wildman–Crippen MR) is 42.1 cm³/mol. The topological polar surface area (TPSA) is 26.3 Å². The van der Waals surface area contributed by atoms with Crippen LogP contribution in [-0.2, 0) is 9.53 Å². The van der Waals surface area contributed by atoms with Crippen LogP contribution in [0, 0.1) is 0 Å². The van der Waals surface area contributed by atoms with E-state index in [1.165, 1.54) is 0 Å². The van der Waals surface area contributed by atoms with Crippen molar-refractivity contribution < 1.29 is 9.53 Å². The van der Waals surface area contributed by atoms with Crippen molar-refractivity contribution in [1.29, 1.82) is 0 Å². The second kappa shape index (κ2) is 2.93. The highest BCUT2D eigenvalue weighted by Crippen LogP contribution is 2.35. The Kier molecular flexibility index (Phi) is 2.36. The van der Waals surface area contributed by atoms with Crippen LogP contribution in [0.25, 0.3) is 0 Å². The number of carbonyl (C=O) groups excluding carboxylic acids is 1. The maximum atomic E-state index is 10.7. The number of thioether (sulfide) groups is 1. The molecule has 10 heavy (non-hydrogen) atoms. The molecule has 0 N–H and O–H groups in total. The summed E-state index contributed by atoms with van der Waals surface area (Å²) < 4.78 is 5.39. The first-order valence-electron chi connectivity index (χ1n) is 3.40. The largest absolute Gasteiger partial charge is 0.363 e. The van der Waals surface area contributed by atoms with Crippen molar-refractivity contribution in [3.05, 3.63) is 0 Å². The molecule has 0 aromatic rings. The van der Waals surface area contributed by atoms with Crippen LogP contribution in [0.15, 0.2) is 0 Å². The van der Waals surface area contributed by atoms with Gasteiger partial charge < -0.3 is 4.74 Å². The van der Waals surface area contributed by atoms with Crippen LogP contribution in [0.4, 0.5) is 0 Å². The molecule has 2 nitrogen and oxygen atoms in total. The summed E-state index contributed by atoms with van der Waals surface area (Å²) in [5.74, 6) is 1.22. The van der Waals surface area contributed by atoms with Crippen LogP contribution in [0.5, 0.6) is 0 Å². The summed E-state index contributed by atoms with van der Waals surface area (Å²) in [6.07, 6.45) is 0.539. The number of rotatable bonds is 2. The molecule has 1 aliphatic rings. The maximum Gasteiger partial charge on any atom is 0.133 e. The molecule has 0 bridgehead atoms. The molecule has 0 radical (unpaired) electrons. The third-order valence-electron chi connectivity index (χ3n) is 1.47. The van der Waals surface area contributed by atoms with Gasteiger partial charge in [0.2, 0.25) is 0 Å². The fourth-order valence-electron chi connectivity index (χ4n) is 1.11. The number of hydrogen-bond donors (Lipinski definition) is 0. The van der Waals surface area contributed by atoms with Gasteiger partial charge in [-0.25, -0.2) is 0 Å². The van der Waals surface area contributed by atoms with E-state index < -0.39 is 0 Å². The summed E-state index contributed by atoms with van der Waals surface area (Å²) in [5.41, 5.74) is 0. The fourth-order valence-corrected chi connectivity index (χ4v) is 2.18. The number of hydrogen-bond acceptors (Lipinski definition) is 3. The maximum absolute atomic E-state index is 10.7. The average Bonchev–Trinajstić information content (AvgIpc) is 2.12. The van der Waals surface area contributed by atoms with Gasteiger partial charge in [0.1, 0.15) is 10.7 Å². The normalized spacial score (nSPS) is 32.6. The lowest BCUT2D eigenvalue weighted by Crippen LogP contribution is -2.22. The Balaban J connectivity index is 2.43. The van der Waals surface area contributed by atoms with Crippen molar-refractivity contribution >= 4 is 17.5 Å². The van der Waals surface area contributed by atoms with E-state index in [0.717, 1.165) is 12.4 Å². The molecule has 0 aromatic carbocycles. The van der Waals surface area contributed by atoms with Gasteiger partial charge in [-0.2, -0.15) is 0 Å². The molecule has 0 aromatic heterocycles. The van der Waals surface area contributed by atoms with E-state index in [1.54, 1.807) is 18.7 Å². The Bertz CT molecular complexity index is 139. The summed E-state index contributed by atoms with van der Waals surface area (Å²) in [4.78, 5) is 10.5. The van der Waals surface area contributed by atoms with Crippen molar-refractivity contribution in [3.8, 4) is 0 Å². The van der Waals surface area contributed by atoms with Gasteiger partial charge in [-0.15, -0.1) is 11.8 Å². The minimum absolute atomic E-state index is 0.205. The van der Waals surface area contributed by atoms with Crippen LogP contribution >= 0.6 is 11.8 Å². The summed E-state index contributed by atoms with van der Waals surface area (Å²) in [7, 11) is 0. The van der Waals surface area contributed by atoms with Crippen LogP contribution in [0.2, 0.25) is 0 Å². The molecule has 1 fully saturated rings. The van der Waals surface area contributed by atoms with Crippen LogP contribution in [-0.4, -0.2) is 23.1 Å². The molecule has 58 valence electrons. The molecule has 1 rings (SSSR count). The zero-order chi connectivity index (χ0) is 7.61. The highest BCUT2D eigenvalue weighted by molar-refractivity contribution is 8.00. The van der Waals surface area contributed by atoms with Gasteiger partial charge >= 0.3 is 0 Å². The van der Waals surface area contributed by atoms with E-state index in [4.69, 9.17) is 4.74 Å². The molecule has 1 aliphatic heterocycles. The number of ether oxygens (including phenoxy) is 1. The Morgan fingerprint density at radius 2 is 2.50 bits per heavy atom. The van der Waals surface area contributed by atoms with Crippen molar-refractivity contribution in [2.45, 2.75) is 25.2 Å². The van der Waals surface area contributed by atoms with Gasteiger partial charge in [-0.3, -0.25) is 4.79 Å². The van der Waals surface area contributed by atoms with Gasteiger partial charge in [0.15, 0.2) is 0 Å². The molecule has 1 atom stereocenters. The number of carbonyl (C=O) groups is 1. The Morgan fingerprint density at radius 1 is 1.80 bits per heavy atom. The van der Waals surface area contributed by atoms with E-state index in [2.05, 4.69) is 0 Å². The van der Waals surface area contributed by atoms with E-state index >= 15 is 0 Å².